The molecule has 3 aromatic heterocycles. The van der Waals surface area contributed by atoms with Crippen LogP contribution in [0.15, 0.2) is 85.2 Å². The normalized spacial score (nSPS) is 17.1. The van der Waals surface area contributed by atoms with Crippen molar-refractivity contribution in [2.45, 2.75) is 71.4 Å². The highest BCUT2D eigenvalue weighted by molar-refractivity contribution is 6.01. The maximum absolute atomic E-state index is 13.0. The highest BCUT2D eigenvalue weighted by Crippen LogP contribution is 2.32. The first-order chi connectivity index (χ1) is 27.9. The standard InChI is InChI=1S/C45H50N10O3/c1-28-24-33(12-15-36(28)29(2)47-44(58)39-27-55(52-49-39)45(3,4)5)41-38-25-34(26-46-42(38)51-50-41)31-10-13-35(14-11-31)54-22-20-53(21-23-54)19-18-30-6-8-32(9-7-30)37-16-17-40(56)48-43(37)57/h6-15,24-27,29,37H,16-23H2,1-5H3,(H,47,58)(H,46,50,51)(H,48,56,57)/t29-,37?/m1/s1. The van der Waals surface area contributed by atoms with Gasteiger partial charge < -0.3 is 10.2 Å². The second-order valence-corrected chi connectivity index (χ2v) is 16.5. The Morgan fingerprint density at radius 1 is 0.931 bits per heavy atom. The molecule has 298 valence electrons. The average Bonchev–Trinajstić information content (AvgIpc) is 3.89. The molecule has 2 aliphatic rings. The summed E-state index contributed by atoms with van der Waals surface area (Å²) in [4.78, 5) is 46.4. The van der Waals surface area contributed by atoms with Gasteiger partial charge in [-0.3, -0.25) is 29.7 Å². The summed E-state index contributed by atoms with van der Waals surface area (Å²) >= 11 is 0. The average molecular weight is 779 g/mol. The number of piperidine rings is 1. The first-order valence-electron chi connectivity index (χ1n) is 20.1. The van der Waals surface area contributed by atoms with Gasteiger partial charge in [0.05, 0.1) is 23.7 Å². The fraction of sp³-hybridized carbons (Fsp3) is 0.356. The molecule has 58 heavy (non-hydrogen) atoms. The molecule has 2 saturated heterocycles. The van der Waals surface area contributed by atoms with E-state index in [9.17, 15) is 14.4 Å². The lowest BCUT2D eigenvalue weighted by atomic mass is 9.90. The zero-order valence-corrected chi connectivity index (χ0v) is 33.7. The fourth-order valence-corrected chi connectivity index (χ4v) is 7.94. The summed E-state index contributed by atoms with van der Waals surface area (Å²) in [5.74, 6) is -0.880. The van der Waals surface area contributed by atoms with Crippen LogP contribution in [-0.4, -0.2) is 85.5 Å². The van der Waals surface area contributed by atoms with Gasteiger partial charge in [0.25, 0.3) is 5.91 Å². The van der Waals surface area contributed by atoms with Crippen molar-refractivity contribution in [3.63, 3.8) is 0 Å². The Hall–Kier alpha value is -6.21. The highest BCUT2D eigenvalue weighted by Gasteiger charge is 2.28. The number of hydrogen-bond donors (Lipinski definition) is 3. The summed E-state index contributed by atoms with van der Waals surface area (Å²) in [6.07, 6.45) is 5.49. The highest BCUT2D eigenvalue weighted by atomic mass is 16.2. The molecular weight excluding hydrogens is 729 g/mol. The van der Waals surface area contributed by atoms with Crippen LogP contribution in [0.4, 0.5) is 5.69 Å². The lowest BCUT2D eigenvalue weighted by molar-refractivity contribution is -0.134. The van der Waals surface area contributed by atoms with E-state index in [1.165, 1.54) is 11.3 Å². The van der Waals surface area contributed by atoms with E-state index < -0.39 is 0 Å². The SMILES string of the molecule is Cc1cc(-c2n[nH]c3ncc(-c4ccc(N5CCN(CCc6ccc(C7CCC(=O)NC7=O)cc6)CC5)cc4)cc23)ccc1[C@@H](C)NC(=O)c1cn(C(C)(C)C)nn1. The van der Waals surface area contributed by atoms with Crippen LogP contribution in [0.2, 0.25) is 0 Å². The third-order valence-corrected chi connectivity index (χ3v) is 11.5. The molecule has 1 unspecified atom stereocenters. The van der Waals surface area contributed by atoms with Crippen LogP contribution in [0.25, 0.3) is 33.4 Å². The van der Waals surface area contributed by atoms with Crippen LogP contribution in [-0.2, 0) is 21.5 Å². The van der Waals surface area contributed by atoms with Crippen molar-refractivity contribution in [1.82, 2.24) is 45.7 Å². The first kappa shape index (κ1) is 38.7. The molecule has 3 N–H and O–H groups in total. The van der Waals surface area contributed by atoms with E-state index in [1.54, 1.807) is 10.9 Å². The molecule has 3 aromatic carbocycles. The van der Waals surface area contributed by atoms with E-state index in [0.29, 0.717) is 12.8 Å². The van der Waals surface area contributed by atoms with Crippen molar-refractivity contribution in [2.24, 2.45) is 0 Å². The number of fused-ring (bicyclic) bond motifs is 1. The molecule has 8 rings (SSSR count). The Bertz CT molecular complexity index is 2460. The minimum absolute atomic E-state index is 0.183. The van der Waals surface area contributed by atoms with Gasteiger partial charge in [-0.1, -0.05) is 53.7 Å². The predicted molar refractivity (Wildman–Crippen MR) is 224 cm³/mol. The summed E-state index contributed by atoms with van der Waals surface area (Å²) in [7, 11) is 0. The van der Waals surface area contributed by atoms with E-state index in [2.05, 4.69) is 89.5 Å². The number of nitrogens with zero attached hydrogens (tertiary/aromatic N) is 7. The lowest BCUT2D eigenvalue weighted by Crippen LogP contribution is -2.47. The Morgan fingerprint density at radius 3 is 2.36 bits per heavy atom. The lowest BCUT2D eigenvalue weighted by Gasteiger charge is -2.36. The number of carbonyl (C=O) groups is 3. The molecule has 2 fully saturated rings. The van der Waals surface area contributed by atoms with Crippen LogP contribution in [0, 0.1) is 6.92 Å². The maximum Gasteiger partial charge on any atom is 0.273 e. The monoisotopic (exact) mass is 778 g/mol. The number of imide groups is 1. The Kier molecular flexibility index (Phi) is 10.6. The number of carbonyl (C=O) groups excluding carboxylic acids is 3. The van der Waals surface area contributed by atoms with Crippen molar-refractivity contribution in [2.75, 3.05) is 37.6 Å². The number of H-pyrrole nitrogens is 1. The maximum atomic E-state index is 13.0. The van der Waals surface area contributed by atoms with E-state index in [-0.39, 0.29) is 40.9 Å². The van der Waals surface area contributed by atoms with Gasteiger partial charge in [-0.05, 0) is 99.5 Å². The van der Waals surface area contributed by atoms with Gasteiger partial charge in [0.2, 0.25) is 11.8 Å². The molecule has 2 aliphatic heterocycles. The fourth-order valence-electron chi connectivity index (χ4n) is 7.94. The van der Waals surface area contributed by atoms with Crippen molar-refractivity contribution in [3.8, 4) is 22.4 Å². The number of aryl methyl sites for hydroxylation is 1. The van der Waals surface area contributed by atoms with Gasteiger partial charge in [0.1, 0.15) is 5.69 Å². The third kappa shape index (κ3) is 8.26. The van der Waals surface area contributed by atoms with Crippen molar-refractivity contribution in [3.05, 3.63) is 113 Å². The van der Waals surface area contributed by atoms with E-state index in [4.69, 9.17) is 4.98 Å². The number of benzene rings is 3. The van der Waals surface area contributed by atoms with E-state index in [0.717, 1.165) is 89.3 Å². The molecular formula is C45H50N10O3. The predicted octanol–water partition coefficient (Wildman–Crippen LogP) is 6.32. The summed E-state index contributed by atoms with van der Waals surface area (Å²) in [6, 6.07) is 25.1. The Morgan fingerprint density at radius 2 is 1.67 bits per heavy atom. The van der Waals surface area contributed by atoms with Crippen LogP contribution in [0.1, 0.15) is 85.2 Å². The largest absolute Gasteiger partial charge is 0.369 e. The Labute approximate surface area is 338 Å². The van der Waals surface area contributed by atoms with Gasteiger partial charge in [-0.25, -0.2) is 9.67 Å². The summed E-state index contributed by atoms with van der Waals surface area (Å²) in [5, 5.41) is 22.4. The second-order valence-electron chi connectivity index (χ2n) is 16.5. The molecule has 5 heterocycles. The topological polar surface area (TPSA) is 154 Å². The molecule has 0 bridgehead atoms. The molecule has 13 heteroatoms. The van der Waals surface area contributed by atoms with E-state index in [1.807, 2.05) is 65.1 Å². The number of aromatic amines is 1. The van der Waals surface area contributed by atoms with Gasteiger partial charge in [0, 0.05) is 67.5 Å². The van der Waals surface area contributed by atoms with Crippen LogP contribution in [0.3, 0.4) is 0 Å². The number of hydrogen-bond acceptors (Lipinski definition) is 9. The molecule has 3 amide bonds. The number of rotatable bonds is 10. The molecule has 0 aliphatic carbocycles. The van der Waals surface area contributed by atoms with Crippen molar-refractivity contribution >= 4 is 34.4 Å². The van der Waals surface area contributed by atoms with Gasteiger partial charge in [0.15, 0.2) is 11.3 Å². The third-order valence-electron chi connectivity index (χ3n) is 11.5. The van der Waals surface area contributed by atoms with Gasteiger partial charge in [-0.15, -0.1) is 5.10 Å². The summed E-state index contributed by atoms with van der Waals surface area (Å²) < 4.78 is 1.69. The number of aromatic nitrogens is 6. The minimum Gasteiger partial charge on any atom is -0.369 e. The van der Waals surface area contributed by atoms with Crippen molar-refractivity contribution < 1.29 is 14.4 Å². The van der Waals surface area contributed by atoms with Crippen LogP contribution < -0.4 is 15.5 Å². The number of amides is 3. The zero-order chi connectivity index (χ0) is 40.6. The smallest absolute Gasteiger partial charge is 0.273 e. The number of pyridine rings is 1. The van der Waals surface area contributed by atoms with Crippen molar-refractivity contribution in [1.29, 1.82) is 0 Å². The minimum atomic E-state index is -0.264. The molecule has 6 aromatic rings. The molecule has 2 atom stereocenters. The van der Waals surface area contributed by atoms with Crippen LogP contribution in [0.5, 0.6) is 0 Å². The van der Waals surface area contributed by atoms with Gasteiger partial charge in [-0.2, -0.15) is 5.10 Å². The summed E-state index contributed by atoms with van der Waals surface area (Å²) in [5.41, 5.74) is 10.1. The van der Waals surface area contributed by atoms with Gasteiger partial charge >= 0.3 is 0 Å². The van der Waals surface area contributed by atoms with E-state index >= 15 is 0 Å². The Balaban J connectivity index is 0.865. The van der Waals surface area contributed by atoms with Crippen LogP contribution >= 0.6 is 0 Å². The molecule has 0 radical (unpaired) electrons. The number of piperazine rings is 1. The first-order valence-corrected chi connectivity index (χ1v) is 20.1. The molecule has 0 saturated carbocycles. The zero-order valence-electron chi connectivity index (χ0n) is 33.7. The quantitative estimate of drug-likeness (QED) is 0.136. The second kappa shape index (κ2) is 16.0. The molecule has 0 spiro atoms. The number of anilines is 1. The number of nitrogens with one attached hydrogen (secondary N) is 3. The summed E-state index contributed by atoms with van der Waals surface area (Å²) in [6.45, 7) is 15.0. The molecule has 13 nitrogen and oxygen atoms in total.